The summed E-state index contributed by atoms with van der Waals surface area (Å²) in [6, 6.07) is 12.3. The average molecular weight is 391 g/mol. The van der Waals surface area contributed by atoms with E-state index in [0.717, 1.165) is 31.2 Å². The summed E-state index contributed by atoms with van der Waals surface area (Å²) in [4.78, 5) is 34.8. The van der Waals surface area contributed by atoms with Crippen LogP contribution in [0.4, 0.5) is 0 Å². The largest absolute Gasteiger partial charge is 0.366 e. The van der Waals surface area contributed by atoms with Crippen LogP contribution in [0.3, 0.4) is 0 Å². The molecule has 1 atom stereocenters. The quantitative estimate of drug-likeness (QED) is 0.731. The molecule has 0 spiro atoms. The van der Waals surface area contributed by atoms with Crippen LogP contribution in [0.25, 0.3) is 11.5 Å². The normalized spacial score (nSPS) is 17.0. The van der Waals surface area contributed by atoms with Gasteiger partial charge in [0.05, 0.1) is 11.6 Å². The molecule has 0 radical (unpaired) electrons. The van der Waals surface area contributed by atoms with E-state index in [2.05, 4.69) is 15.1 Å². The maximum absolute atomic E-state index is 13.2. The van der Waals surface area contributed by atoms with Gasteiger partial charge in [-0.15, -0.1) is 0 Å². The van der Waals surface area contributed by atoms with Crippen LogP contribution < -0.4 is 5.73 Å². The predicted molar refractivity (Wildman–Crippen MR) is 105 cm³/mol. The number of likely N-dealkylation sites (tertiary alicyclic amines) is 1. The van der Waals surface area contributed by atoms with E-state index >= 15 is 0 Å². The minimum atomic E-state index is -0.579. The summed E-state index contributed by atoms with van der Waals surface area (Å²) < 4.78 is 5.45. The number of carbonyl (C=O) groups excluding carboxylic acids is 2. The lowest BCUT2D eigenvalue weighted by atomic mass is 10.1. The lowest BCUT2D eigenvalue weighted by molar-refractivity contribution is 0.0664. The molecule has 148 valence electrons. The molecule has 2 N–H and O–H groups in total. The second kappa shape index (κ2) is 8.22. The maximum Gasteiger partial charge on any atom is 0.273 e. The van der Waals surface area contributed by atoms with Crippen LogP contribution in [0.1, 0.15) is 58.4 Å². The van der Waals surface area contributed by atoms with Crippen molar-refractivity contribution in [3.63, 3.8) is 0 Å². The first-order valence-corrected chi connectivity index (χ1v) is 9.59. The molecule has 3 heterocycles. The molecule has 8 heteroatoms. The Bertz CT molecular complexity index is 1000. The number of amides is 2. The first kappa shape index (κ1) is 18.8. The van der Waals surface area contributed by atoms with Crippen molar-refractivity contribution in [2.24, 2.45) is 5.73 Å². The zero-order valence-corrected chi connectivity index (χ0v) is 15.8. The molecule has 29 heavy (non-hydrogen) atoms. The number of hydrogen-bond donors (Lipinski definition) is 1. The molecule has 4 rings (SSSR count). The van der Waals surface area contributed by atoms with Gasteiger partial charge in [-0.25, -0.2) is 0 Å². The number of rotatable bonds is 4. The molecule has 0 bridgehead atoms. The number of carbonyl (C=O) groups is 2. The highest BCUT2D eigenvalue weighted by molar-refractivity contribution is 5.95. The fourth-order valence-electron chi connectivity index (χ4n) is 3.50. The van der Waals surface area contributed by atoms with Crippen molar-refractivity contribution in [1.82, 2.24) is 20.0 Å². The van der Waals surface area contributed by atoms with E-state index in [-0.39, 0.29) is 23.2 Å². The van der Waals surface area contributed by atoms with Crippen LogP contribution in [0.2, 0.25) is 0 Å². The zero-order chi connectivity index (χ0) is 20.2. The van der Waals surface area contributed by atoms with Gasteiger partial charge in [0.25, 0.3) is 11.8 Å². The lowest BCUT2D eigenvalue weighted by Crippen LogP contribution is -2.36. The molecule has 1 aliphatic heterocycles. The summed E-state index contributed by atoms with van der Waals surface area (Å²) in [6.45, 7) is 0.581. The van der Waals surface area contributed by atoms with Crippen molar-refractivity contribution in [1.29, 1.82) is 0 Å². The topological polar surface area (TPSA) is 115 Å². The van der Waals surface area contributed by atoms with Crippen LogP contribution in [-0.4, -0.2) is 38.4 Å². The number of nitrogens with zero attached hydrogens (tertiary/aromatic N) is 4. The second-order valence-corrected chi connectivity index (χ2v) is 6.98. The van der Waals surface area contributed by atoms with Gasteiger partial charge in [-0.1, -0.05) is 36.2 Å². The summed E-state index contributed by atoms with van der Waals surface area (Å²) in [5.74, 6) is 0.123. The monoisotopic (exact) mass is 391 g/mol. The van der Waals surface area contributed by atoms with Crippen molar-refractivity contribution in [3.05, 3.63) is 65.7 Å². The standard InChI is InChI=1S/C21H21N5O3/c22-18(27)15-10-11-16(23-13-15)21(28)26-12-6-2-5-9-17(26)19-24-20(29-25-19)14-7-3-1-4-8-14/h1,3-4,7-8,10-11,13,17H,2,5-6,9,12H2,(H2,22,27). The molecular formula is C21H21N5O3. The van der Waals surface area contributed by atoms with Gasteiger partial charge >= 0.3 is 0 Å². The van der Waals surface area contributed by atoms with Crippen molar-refractivity contribution in [2.75, 3.05) is 6.54 Å². The van der Waals surface area contributed by atoms with E-state index in [9.17, 15) is 9.59 Å². The Morgan fingerprint density at radius 3 is 2.62 bits per heavy atom. The summed E-state index contributed by atoms with van der Waals surface area (Å²) in [7, 11) is 0. The Kier molecular flexibility index (Phi) is 5.33. The summed E-state index contributed by atoms with van der Waals surface area (Å²) in [6.07, 6.45) is 4.96. The summed E-state index contributed by atoms with van der Waals surface area (Å²) >= 11 is 0. The molecule has 8 nitrogen and oxygen atoms in total. The third-order valence-electron chi connectivity index (χ3n) is 5.04. The van der Waals surface area contributed by atoms with Gasteiger partial charge in [0.1, 0.15) is 5.69 Å². The summed E-state index contributed by atoms with van der Waals surface area (Å²) in [5.41, 5.74) is 6.61. The molecule has 3 aromatic rings. The molecule has 1 saturated heterocycles. The van der Waals surface area contributed by atoms with E-state index < -0.39 is 5.91 Å². The van der Waals surface area contributed by atoms with E-state index in [1.807, 2.05) is 30.3 Å². The zero-order valence-electron chi connectivity index (χ0n) is 15.8. The number of aromatic nitrogens is 3. The molecule has 2 amide bonds. The van der Waals surface area contributed by atoms with Gasteiger partial charge in [0.2, 0.25) is 5.91 Å². The van der Waals surface area contributed by atoms with Crippen molar-refractivity contribution in [2.45, 2.75) is 31.7 Å². The lowest BCUT2D eigenvalue weighted by Gasteiger charge is -2.27. The fraction of sp³-hybridized carbons (Fsp3) is 0.286. The van der Waals surface area contributed by atoms with Crippen LogP contribution in [-0.2, 0) is 0 Å². The third kappa shape index (κ3) is 4.01. The first-order chi connectivity index (χ1) is 14.1. The fourth-order valence-corrected chi connectivity index (χ4v) is 3.50. The number of nitrogens with two attached hydrogens (primary N) is 1. The van der Waals surface area contributed by atoms with Gasteiger partial charge in [-0.2, -0.15) is 4.98 Å². The molecule has 1 aliphatic rings. The maximum atomic E-state index is 13.2. The highest BCUT2D eigenvalue weighted by Gasteiger charge is 2.31. The average Bonchev–Trinajstić information content (AvgIpc) is 3.12. The van der Waals surface area contributed by atoms with Gasteiger partial charge in [0, 0.05) is 18.3 Å². The van der Waals surface area contributed by atoms with Crippen molar-refractivity contribution in [3.8, 4) is 11.5 Å². The third-order valence-corrected chi connectivity index (χ3v) is 5.04. The van der Waals surface area contributed by atoms with E-state index in [0.29, 0.717) is 18.3 Å². The molecule has 1 fully saturated rings. The number of primary amides is 1. The molecule has 0 saturated carbocycles. The van der Waals surface area contributed by atoms with Crippen molar-refractivity contribution >= 4 is 11.8 Å². The highest BCUT2D eigenvalue weighted by Crippen LogP contribution is 2.31. The van der Waals surface area contributed by atoms with Gasteiger partial charge < -0.3 is 15.2 Å². The minimum Gasteiger partial charge on any atom is -0.366 e. The second-order valence-electron chi connectivity index (χ2n) is 6.98. The van der Waals surface area contributed by atoms with Gasteiger partial charge in [-0.3, -0.25) is 14.6 Å². The molecule has 1 unspecified atom stereocenters. The highest BCUT2D eigenvalue weighted by atomic mass is 16.5. The van der Waals surface area contributed by atoms with Gasteiger partial charge in [0.15, 0.2) is 5.82 Å². The number of hydrogen-bond acceptors (Lipinski definition) is 6. The molecule has 1 aromatic carbocycles. The number of benzene rings is 1. The SMILES string of the molecule is NC(=O)c1ccc(C(=O)N2CCCCCC2c2noc(-c3ccccc3)n2)nc1. The van der Waals surface area contributed by atoms with Crippen LogP contribution in [0.15, 0.2) is 53.2 Å². The molecule has 2 aromatic heterocycles. The van der Waals surface area contributed by atoms with Gasteiger partial charge in [-0.05, 0) is 37.1 Å². The Balaban J connectivity index is 1.61. The van der Waals surface area contributed by atoms with E-state index in [1.165, 1.54) is 18.3 Å². The van der Waals surface area contributed by atoms with E-state index in [4.69, 9.17) is 10.3 Å². The van der Waals surface area contributed by atoms with Crippen LogP contribution >= 0.6 is 0 Å². The van der Waals surface area contributed by atoms with Crippen LogP contribution in [0, 0.1) is 0 Å². The summed E-state index contributed by atoms with van der Waals surface area (Å²) in [5, 5.41) is 4.16. The predicted octanol–water partition coefficient (Wildman–Crippen LogP) is 2.99. The van der Waals surface area contributed by atoms with Crippen LogP contribution in [0.5, 0.6) is 0 Å². The Labute approximate surface area is 167 Å². The van der Waals surface area contributed by atoms with Crippen molar-refractivity contribution < 1.29 is 14.1 Å². The molecule has 0 aliphatic carbocycles. The smallest absolute Gasteiger partial charge is 0.273 e. The molecular weight excluding hydrogens is 370 g/mol. The first-order valence-electron chi connectivity index (χ1n) is 9.59. The Morgan fingerprint density at radius 2 is 1.90 bits per heavy atom. The Hall–Kier alpha value is -3.55. The Morgan fingerprint density at radius 1 is 1.07 bits per heavy atom. The minimum absolute atomic E-state index is 0.223. The van der Waals surface area contributed by atoms with E-state index in [1.54, 1.807) is 4.90 Å². The number of pyridine rings is 1.